The van der Waals surface area contributed by atoms with Gasteiger partial charge in [-0.05, 0) is 41.3 Å². The van der Waals surface area contributed by atoms with Crippen LogP contribution < -0.4 is 4.18 Å². The maximum Gasteiger partial charge on any atom is 0.534 e. The Bertz CT molecular complexity index is 1050. The van der Waals surface area contributed by atoms with Crippen molar-refractivity contribution in [2.75, 3.05) is 0 Å². The molecule has 0 aliphatic carbocycles. The van der Waals surface area contributed by atoms with E-state index in [9.17, 15) is 21.6 Å². The molecule has 3 aromatic rings. The molecule has 0 heterocycles. The van der Waals surface area contributed by atoms with Gasteiger partial charge in [-0.15, -0.1) is 0 Å². The van der Waals surface area contributed by atoms with Crippen molar-refractivity contribution in [3.8, 4) is 28.0 Å². The van der Waals surface area contributed by atoms with Gasteiger partial charge in [-0.2, -0.15) is 21.6 Å². The largest absolute Gasteiger partial charge is 0.534 e. The minimum absolute atomic E-state index is 0.301. The van der Waals surface area contributed by atoms with Gasteiger partial charge in [0, 0.05) is 5.56 Å². The van der Waals surface area contributed by atoms with E-state index in [1.54, 1.807) is 30.3 Å². The smallest absolute Gasteiger partial charge is 0.376 e. The lowest BCUT2D eigenvalue weighted by molar-refractivity contribution is -0.0500. The molecule has 0 aromatic heterocycles. The van der Waals surface area contributed by atoms with E-state index in [0.717, 1.165) is 16.7 Å². The Kier molecular flexibility index (Phi) is 4.97. The normalized spacial score (nSPS) is 12.0. The molecule has 3 aromatic carbocycles. The van der Waals surface area contributed by atoms with E-state index in [1.807, 2.05) is 36.4 Å². The van der Waals surface area contributed by atoms with Crippen LogP contribution in [0.25, 0.3) is 22.3 Å². The number of hydrogen-bond acceptors (Lipinski definition) is 3. The molecule has 0 spiro atoms. The van der Waals surface area contributed by atoms with Crippen LogP contribution in [-0.2, 0) is 10.1 Å². The minimum Gasteiger partial charge on any atom is -0.376 e. The second-order valence-corrected chi connectivity index (χ2v) is 7.36. The van der Waals surface area contributed by atoms with Crippen molar-refractivity contribution in [2.45, 2.75) is 12.4 Å². The predicted molar refractivity (Wildman–Crippen MR) is 97.7 cm³/mol. The van der Waals surface area contributed by atoms with Gasteiger partial charge in [0.2, 0.25) is 0 Å². The Labute approximate surface area is 155 Å². The van der Waals surface area contributed by atoms with E-state index in [-0.39, 0.29) is 5.75 Å². The van der Waals surface area contributed by atoms with Crippen molar-refractivity contribution in [3.63, 3.8) is 0 Å². The van der Waals surface area contributed by atoms with Gasteiger partial charge in [0.15, 0.2) is 0 Å². The molecule has 3 rings (SSSR count). The molecule has 0 saturated heterocycles. The Balaban J connectivity index is 2.21. The monoisotopic (exact) mass is 392 g/mol. The topological polar surface area (TPSA) is 43.4 Å². The molecule has 0 radical (unpaired) electrons. The fourth-order valence-electron chi connectivity index (χ4n) is 2.78. The SMILES string of the molecule is Cc1c(OS(=O)(=O)C(F)(F)F)ccc(-c2ccccc2)c1-c1ccccc1. The van der Waals surface area contributed by atoms with Crippen LogP contribution in [0.1, 0.15) is 5.56 Å². The highest BCUT2D eigenvalue weighted by atomic mass is 32.2. The molecule has 0 atom stereocenters. The van der Waals surface area contributed by atoms with Crippen molar-refractivity contribution in [3.05, 3.63) is 78.4 Å². The molecule has 0 aliphatic rings. The van der Waals surface area contributed by atoms with Gasteiger partial charge in [0.25, 0.3) is 0 Å². The highest BCUT2D eigenvalue weighted by Gasteiger charge is 2.48. The van der Waals surface area contributed by atoms with Crippen LogP contribution in [0, 0.1) is 6.92 Å². The molecular formula is C20H15F3O3S. The first-order valence-corrected chi connectivity index (χ1v) is 9.37. The van der Waals surface area contributed by atoms with Gasteiger partial charge in [0.1, 0.15) is 5.75 Å². The molecule has 0 saturated carbocycles. The Morgan fingerprint density at radius 3 is 1.81 bits per heavy atom. The van der Waals surface area contributed by atoms with Gasteiger partial charge >= 0.3 is 15.6 Å². The first-order chi connectivity index (χ1) is 12.7. The molecule has 0 unspecified atom stereocenters. The lowest BCUT2D eigenvalue weighted by Gasteiger charge is -2.18. The zero-order valence-electron chi connectivity index (χ0n) is 14.2. The van der Waals surface area contributed by atoms with Crippen LogP contribution in [0.3, 0.4) is 0 Å². The standard InChI is InChI=1S/C20H15F3O3S/c1-14-18(26-27(24,25)20(21,22)23)13-12-17(15-8-4-2-5-9-15)19(14)16-10-6-3-7-11-16/h2-13H,1H3. The van der Waals surface area contributed by atoms with Crippen molar-refractivity contribution in [2.24, 2.45) is 0 Å². The van der Waals surface area contributed by atoms with Gasteiger partial charge in [-0.25, -0.2) is 0 Å². The quantitative estimate of drug-likeness (QED) is 0.431. The highest BCUT2D eigenvalue weighted by molar-refractivity contribution is 7.88. The summed E-state index contributed by atoms with van der Waals surface area (Å²) in [6, 6.07) is 21.1. The Morgan fingerprint density at radius 1 is 0.778 bits per heavy atom. The number of alkyl halides is 3. The molecule has 27 heavy (non-hydrogen) atoms. The Morgan fingerprint density at radius 2 is 1.30 bits per heavy atom. The van der Waals surface area contributed by atoms with E-state index in [1.165, 1.54) is 13.0 Å². The van der Waals surface area contributed by atoms with Crippen LogP contribution in [0.4, 0.5) is 13.2 Å². The van der Waals surface area contributed by atoms with Crippen molar-refractivity contribution >= 4 is 10.1 Å². The van der Waals surface area contributed by atoms with Crippen LogP contribution in [0.2, 0.25) is 0 Å². The van der Waals surface area contributed by atoms with Gasteiger partial charge in [-0.1, -0.05) is 60.7 Å². The molecule has 3 nitrogen and oxygen atoms in total. The summed E-state index contributed by atoms with van der Waals surface area (Å²) in [5.41, 5.74) is -2.23. The van der Waals surface area contributed by atoms with Crippen LogP contribution in [0.5, 0.6) is 5.75 Å². The third kappa shape index (κ3) is 3.83. The first kappa shape index (κ1) is 19.0. The summed E-state index contributed by atoms with van der Waals surface area (Å²) in [6.45, 7) is 1.54. The number of benzene rings is 3. The number of halogens is 3. The molecule has 140 valence electrons. The molecule has 0 fully saturated rings. The average Bonchev–Trinajstić information content (AvgIpc) is 2.63. The second kappa shape index (κ2) is 7.08. The summed E-state index contributed by atoms with van der Waals surface area (Å²) >= 11 is 0. The van der Waals surface area contributed by atoms with E-state index < -0.39 is 15.6 Å². The fraction of sp³-hybridized carbons (Fsp3) is 0.100. The molecular weight excluding hydrogens is 377 g/mol. The number of rotatable bonds is 4. The lowest BCUT2D eigenvalue weighted by atomic mass is 9.90. The summed E-state index contributed by atoms with van der Waals surface area (Å²) in [5, 5.41) is 0. The van der Waals surface area contributed by atoms with Crippen LogP contribution >= 0.6 is 0 Å². The van der Waals surface area contributed by atoms with Crippen molar-refractivity contribution < 1.29 is 25.8 Å². The van der Waals surface area contributed by atoms with Crippen molar-refractivity contribution in [1.29, 1.82) is 0 Å². The highest BCUT2D eigenvalue weighted by Crippen LogP contribution is 2.40. The maximum atomic E-state index is 12.7. The van der Waals surface area contributed by atoms with E-state index in [4.69, 9.17) is 0 Å². The van der Waals surface area contributed by atoms with Crippen molar-refractivity contribution in [1.82, 2.24) is 0 Å². The summed E-state index contributed by atoms with van der Waals surface area (Å²) in [4.78, 5) is 0. The molecule has 0 amide bonds. The van der Waals surface area contributed by atoms with E-state index >= 15 is 0 Å². The Hall–Kier alpha value is -2.80. The van der Waals surface area contributed by atoms with E-state index in [2.05, 4.69) is 4.18 Å². The summed E-state index contributed by atoms with van der Waals surface area (Å²) < 4.78 is 65.4. The van der Waals surface area contributed by atoms with Crippen LogP contribution in [-0.4, -0.2) is 13.9 Å². The van der Waals surface area contributed by atoms with Gasteiger partial charge in [-0.3, -0.25) is 0 Å². The first-order valence-electron chi connectivity index (χ1n) is 7.96. The number of hydrogen-bond donors (Lipinski definition) is 0. The third-order valence-electron chi connectivity index (χ3n) is 4.05. The van der Waals surface area contributed by atoms with Crippen LogP contribution in [0.15, 0.2) is 72.8 Å². The molecule has 7 heteroatoms. The third-order valence-corrected chi connectivity index (χ3v) is 5.01. The summed E-state index contributed by atoms with van der Waals surface area (Å²) in [7, 11) is -5.75. The maximum absolute atomic E-state index is 12.7. The van der Waals surface area contributed by atoms with Gasteiger partial charge in [0.05, 0.1) is 0 Å². The summed E-state index contributed by atoms with van der Waals surface area (Å²) in [5.74, 6) is -0.356. The predicted octanol–water partition coefficient (Wildman–Crippen LogP) is 5.56. The molecule has 0 aliphatic heterocycles. The summed E-state index contributed by atoms with van der Waals surface area (Å²) in [6.07, 6.45) is 0. The van der Waals surface area contributed by atoms with E-state index in [0.29, 0.717) is 11.1 Å². The molecule has 0 bridgehead atoms. The minimum atomic E-state index is -5.75. The lowest BCUT2D eigenvalue weighted by Crippen LogP contribution is -2.28. The fourth-order valence-corrected chi connectivity index (χ4v) is 3.29. The zero-order chi connectivity index (χ0) is 19.7. The molecule has 0 N–H and O–H groups in total. The van der Waals surface area contributed by atoms with Gasteiger partial charge < -0.3 is 4.18 Å². The zero-order valence-corrected chi connectivity index (χ0v) is 15.0. The average molecular weight is 392 g/mol. The second-order valence-electron chi connectivity index (χ2n) is 5.83.